The highest BCUT2D eigenvalue weighted by Crippen LogP contribution is 2.09. The summed E-state index contributed by atoms with van der Waals surface area (Å²) in [6.07, 6.45) is 0.818. The summed E-state index contributed by atoms with van der Waals surface area (Å²) in [6.45, 7) is 2.40. The fraction of sp³-hybridized carbons (Fsp3) is 0.231. The molecule has 94 valence electrons. The van der Waals surface area contributed by atoms with Crippen LogP contribution in [-0.4, -0.2) is 21.2 Å². The lowest BCUT2D eigenvalue weighted by Gasteiger charge is -2.03. The van der Waals surface area contributed by atoms with E-state index in [1.165, 1.54) is 0 Å². The van der Waals surface area contributed by atoms with E-state index in [0.29, 0.717) is 12.2 Å². The van der Waals surface area contributed by atoms with Gasteiger partial charge in [-0.25, -0.2) is 0 Å². The van der Waals surface area contributed by atoms with Crippen LogP contribution in [-0.2, 0) is 13.0 Å². The van der Waals surface area contributed by atoms with E-state index >= 15 is 0 Å². The number of phenolic OH excluding ortho intramolecular Hbond substituents is 1. The van der Waals surface area contributed by atoms with E-state index in [1.807, 2.05) is 6.92 Å². The minimum Gasteiger partial charge on any atom is -0.508 e. The summed E-state index contributed by atoms with van der Waals surface area (Å²) in [7, 11) is 0. The normalized spacial score (nSPS) is 10.3. The van der Waals surface area contributed by atoms with Crippen molar-refractivity contribution < 1.29 is 9.90 Å². The number of H-pyrrole nitrogens is 1. The van der Waals surface area contributed by atoms with E-state index in [0.717, 1.165) is 17.7 Å². The number of benzene rings is 1. The number of carbonyl (C=O) groups is 1. The Bertz CT molecular complexity index is 531. The molecule has 0 spiro atoms. The van der Waals surface area contributed by atoms with Gasteiger partial charge in [-0.15, -0.1) is 0 Å². The highest BCUT2D eigenvalue weighted by molar-refractivity contribution is 5.92. The van der Waals surface area contributed by atoms with Crippen molar-refractivity contribution in [3.8, 4) is 5.75 Å². The van der Waals surface area contributed by atoms with Gasteiger partial charge in [-0.2, -0.15) is 5.10 Å². The lowest BCUT2D eigenvalue weighted by atomic mass is 10.2. The number of aryl methyl sites for hydroxylation is 1. The Morgan fingerprint density at radius 2 is 2.11 bits per heavy atom. The molecule has 0 fully saturated rings. The summed E-state index contributed by atoms with van der Waals surface area (Å²) in [6, 6.07) is 8.44. The van der Waals surface area contributed by atoms with Crippen LogP contribution in [0.5, 0.6) is 5.75 Å². The van der Waals surface area contributed by atoms with Crippen molar-refractivity contribution in [3.05, 3.63) is 47.3 Å². The first-order valence-corrected chi connectivity index (χ1v) is 5.79. The molecule has 1 aromatic carbocycles. The van der Waals surface area contributed by atoms with Crippen LogP contribution in [0.2, 0.25) is 0 Å². The van der Waals surface area contributed by atoms with E-state index in [1.54, 1.807) is 30.3 Å². The van der Waals surface area contributed by atoms with Crippen molar-refractivity contribution in [1.82, 2.24) is 15.5 Å². The monoisotopic (exact) mass is 245 g/mol. The third-order valence-electron chi connectivity index (χ3n) is 2.63. The average Bonchev–Trinajstić information content (AvgIpc) is 2.86. The van der Waals surface area contributed by atoms with Crippen LogP contribution in [0.4, 0.5) is 0 Å². The van der Waals surface area contributed by atoms with Crippen molar-refractivity contribution in [3.63, 3.8) is 0 Å². The molecule has 5 heteroatoms. The Kier molecular flexibility index (Phi) is 3.62. The van der Waals surface area contributed by atoms with Crippen LogP contribution >= 0.6 is 0 Å². The molecule has 2 rings (SSSR count). The van der Waals surface area contributed by atoms with Gasteiger partial charge in [0.1, 0.15) is 11.4 Å². The third kappa shape index (κ3) is 2.88. The number of rotatable bonds is 4. The maximum absolute atomic E-state index is 11.8. The van der Waals surface area contributed by atoms with Crippen LogP contribution < -0.4 is 5.32 Å². The van der Waals surface area contributed by atoms with E-state index in [-0.39, 0.29) is 11.7 Å². The Hall–Kier alpha value is -2.30. The Morgan fingerprint density at radius 3 is 2.72 bits per heavy atom. The number of aromatic nitrogens is 2. The Labute approximate surface area is 105 Å². The van der Waals surface area contributed by atoms with Crippen LogP contribution in [0.3, 0.4) is 0 Å². The molecule has 1 amide bonds. The molecule has 3 N–H and O–H groups in total. The zero-order chi connectivity index (χ0) is 13.0. The largest absolute Gasteiger partial charge is 0.508 e. The van der Waals surface area contributed by atoms with Gasteiger partial charge >= 0.3 is 0 Å². The van der Waals surface area contributed by atoms with Gasteiger partial charge < -0.3 is 10.4 Å². The summed E-state index contributed by atoms with van der Waals surface area (Å²) < 4.78 is 0. The summed E-state index contributed by atoms with van der Waals surface area (Å²) in [5.74, 6) is 0.00369. The molecule has 0 atom stereocenters. The van der Waals surface area contributed by atoms with Crippen LogP contribution in [0.15, 0.2) is 30.3 Å². The molecule has 0 saturated heterocycles. The van der Waals surface area contributed by atoms with Gasteiger partial charge in [-0.05, 0) is 30.2 Å². The second-order valence-electron chi connectivity index (χ2n) is 3.98. The topological polar surface area (TPSA) is 78.0 Å². The predicted octanol–water partition coefficient (Wildman–Crippen LogP) is 1.61. The first-order chi connectivity index (χ1) is 8.69. The highest BCUT2D eigenvalue weighted by Gasteiger charge is 2.09. The molecule has 0 unspecified atom stereocenters. The molecule has 1 aromatic heterocycles. The van der Waals surface area contributed by atoms with Crippen molar-refractivity contribution >= 4 is 5.91 Å². The number of nitrogens with zero attached hydrogens (tertiary/aromatic N) is 1. The number of hydrogen-bond donors (Lipinski definition) is 3. The molecule has 0 aliphatic carbocycles. The van der Waals surface area contributed by atoms with Gasteiger partial charge in [0.25, 0.3) is 5.91 Å². The summed E-state index contributed by atoms with van der Waals surface area (Å²) in [5, 5.41) is 18.6. The van der Waals surface area contributed by atoms with E-state index < -0.39 is 0 Å². The molecule has 5 nitrogen and oxygen atoms in total. The maximum atomic E-state index is 11.8. The van der Waals surface area contributed by atoms with Gasteiger partial charge in [-0.1, -0.05) is 19.1 Å². The van der Waals surface area contributed by atoms with Gasteiger partial charge in [0, 0.05) is 12.2 Å². The van der Waals surface area contributed by atoms with Gasteiger partial charge in [0.05, 0.1) is 0 Å². The van der Waals surface area contributed by atoms with Crippen LogP contribution in [0.25, 0.3) is 0 Å². The van der Waals surface area contributed by atoms with E-state index in [4.69, 9.17) is 5.11 Å². The van der Waals surface area contributed by atoms with Crippen LogP contribution in [0.1, 0.15) is 28.7 Å². The zero-order valence-corrected chi connectivity index (χ0v) is 10.1. The number of nitrogens with one attached hydrogen (secondary N) is 2. The van der Waals surface area contributed by atoms with Crippen molar-refractivity contribution in [2.45, 2.75) is 19.9 Å². The maximum Gasteiger partial charge on any atom is 0.272 e. The number of phenols is 1. The van der Waals surface area contributed by atoms with Gasteiger partial charge in [0.2, 0.25) is 0 Å². The van der Waals surface area contributed by atoms with Crippen molar-refractivity contribution in [1.29, 1.82) is 0 Å². The molecule has 0 aliphatic rings. The Morgan fingerprint density at radius 1 is 1.39 bits per heavy atom. The number of carbonyl (C=O) groups excluding carboxylic acids is 1. The quantitative estimate of drug-likeness (QED) is 0.765. The first-order valence-electron chi connectivity index (χ1n) is 5.79. The number of aromatic amines is 1. The SMILES string of the molecule is CCc1cc(C(=O)NCc2ccc(O)cc2)n[nH]1. The van der Waals surface area contributed by atoms with Gasteiger partial charge in [-0.3, -0.25) is 9.89 Å². The number of aromatic hydroxyl groups is 1. The fourth-order valence-corrected chi connectivity index (χ4v) is 1.55. The molecule has 0 radical (unpaired) electrons. The second kappa shape index (κ2) is 5.35. The average molecular weight is 245 g/mol. The molecule has 18 heavy (non-hydrogen) atoms. The molecule has 1 heterocycles. The molecule has 0 saturated carbocycles. The van der Waals surface area contributed by atoms with Crippen molar-refractivity contribution in [2.24, 2.45) is 0 Å². The second-order valence-corrected chi connectivity index (χ2v) is 3.98. The lowest BCUT2D eigenvalue weighted by molar-refractivity contribution is 0.0946. The van der Waals surface area contributed by atoms with Gasteiger partial charge in [0.15, 0.2) is 0 Å². The summed E-state index contributed by atoms with van der Waals surface area (Å²) >= 11 is 0. The smallest absolute Gasteiger partial charge is 0.272 e. The molecular formula is C13H15N3O2. The number of hydrogen-bond acceptors (Lipinski definition) is 3. The standard InChI is InChI=1S/C13H15N3O2/c1-2-10-7-12(16-15-10)13(18)14-8-9-3-5-11(17)6-4-9/h3-7,17H,2,8H2,1H3,(H,14,18)(H,15,16). The van der Waals surface area contributed by atoms with Crippen LogP contribution in [0, 0.1) is 0 Å². The Balaban J connectivity index is 1.93. The molecule has 0 bridgehead atoms. The summed E-state index contributed by atoms with van der Waals surface area (Å²) in [4.78, 5) is 11.8. The zero-order valence-electron chi connectivity index (χ0n) is 10.1. The minimum absolute atomic E-state index is 0.209. The minimum atomic E-state index is -0.209. The van der Waals surface area contributed by atoms with E-state index in [9.17, 15) is 4.79 Å². The molecule has 0 aliphatic heterocycles. The summed E-state index contributed by atoms with van der Waals surface area (Å²) in [5.41, 5.74) is 2.25. The lowest BCUT2D eigenvalue weighted by Crippen LogP contribution is -2.23. The fourth-order valence-electron chi connectivity index (χ4n) is 1.55. The highest BCUT2D eigenvalue weighted by atomic mass is 16.3. The number of amides is 1. The third-order valence-corrected chi connectivity index (χ3v) is 2.63. The van der Waals surface area contributed by atoms with E-state index in [2.05, 4.69) is 15.5 Å². The van der Waals surface area contributed by atoms with Crippen molar-refractivity contribution in [2.75, 3.05) is 0 Å². The predicted molar refractivity (Wildman–Crippen MR) is 67.2 cm³/mol. The molecular weight excluding hydrogens is 230 g/mol. The molecule has 2 aromatic rings. The first kappa shape index (κ1) is 12.2.